The van der Waals surface area contributed by atoms with Crippen LogP contribution in [0.2, 0.25) is 5.02 Å². The van der Waals surface area contributed by atoms with Gasteiger partial charge in [0, 0.05) is 35.7 Å². The van der Waals surface area contributed by atoms with Gasteiger partial charge in [-0.2, -0.15) is 0 Å². The summed E-state index contributed by atoms with van der Waals surface area (Å²) < 4.78 is 26.0. The topological polar surface area (TPSA) is 81.8 Å². The van der Waals surface area contributed by atoms with Crippen LogP contribution in [0.5, 0.6) is 0 Å². The molecule has 0 amide bonds. The van der Waals surface area contributed by atoms with Gasteiger partial charge in [0.25, 0.3) is 0 Å². The maximum absolute atomic E-state index is 15.5. The number of halogens is 2. The lowest BCUT2D eigenvalue weighted by molar-refractivity contribution is -0.132. The Morgan fingerprint density at radius 3 is 2.77 bits per heavy atom. The van der Waals surface area contributed by atoms with Crippen LogP contribution in [-0.4, -0.2) is 44.0 Å². The van der Waals surface area contributed by atoms with Crippen molar-refractivity contribution < 1.29 is 23.8 Å². The molecule has 0 saturated heterocycles. The molecule has 7 heteroatoms. The molecular formula is C24H27ClFNO4. The monoisotopic (exact) mass is 447 g/mol. The first-order valence-electron chi connectivity index (χ1n) is 10.3. The highest BCUT2D eigenvalue weighted by atomic mass is 35.5. The number of benzene rings is 1. The third kappa shape index (κ3) is 5.33. The molecule has 2 atom stereocenters. The third-order valence-corrected chi connectivity index (χ3v) is 5.82. The summed E-state index contributed by atoms with van der Waals surface area (Å²) in [5.41, 5.74) is 8.17. The van der Waals surface area contributed by atoms with Gasteiger partial charge >= 0.3 is 5.97 Å². The molecule has 5 nitrogen and oxygen atoms in total. The van der Waals surface area contributed by atoms with Crippen molar-refractivity contribution in [2.24, 2.45) is 5.73 Å². The van der Waals surface area contributed by atoms with Crippen LogP contribution >= 0.6 is 11.6 Å². The second-order valence-electron chi connectivity index (χ2n) is 7.45. The standard InChI is InChI=1S/C24H27ClFNO4/c1-30-11-12-31-21-10-8-17(24(28)29)22(23(21)26)18-13-16(7-9-20(18)25)19(14-27)15-5-3-2-4-6-15/h3,5-9,13,19,21H,2,4,10-12,14,27H2,1H3,(H,28,29). The first-order chi connectivity index (χ1) is 15.0. The molecule has 1 aromatic carbocycles. The van der Waals surface area contributed by atoms with Crippen molar-refractivity contribution in [3.63, 3.8) is 0 Å². The Bertz CT molecular complexity index is 951. The molecule has 0 aliphatic heterocycles. The number of hydrogen-bond acceptors (Lipinski definition) is 4. The Balaban J connectivity index is 2.05. The van der Waals surface area contributed by atoms with Crippen LogP contribution in [0.25, 0.3) is 5.57 Å². The van der Waals surface area contributed by atoms with Crippen LogP contribution in [0, 0.1) is 0 Å². The zero-order valence-electron chi connectivity index (χ0n) is 17.4. The number of methoxy groups -OCH3 is 1. The molecule has 1 aromatic rings. The summed E-state index contributed by atoms with van der Waals surface area (Å²) in [6, 6.07) is 5.26. The van der Waals surface area contributed by atoms with Gasteiger partial charge in [0.1, 0.15) is 11.9 Å². The van der Waals surface area contributed by atoms with Crippen LogP contribution in [0.3, 0.4) is 0 Å². The Morgan fingerprint density at radius 2 is 2.13 bits per heavy atom. The molecular weight excluding hydrogens is 421 g/mol. The molecule has 2 aliphatic rings. The first-order valence-corrected chi connectivity index (χ1v) is 10.7. The van der Waals surface area contributed by atoms with Gasteiger partial charge in [0.05, 0.1) is 18.8 Å². The average molecular weight is 448 g/mol. The van der Waals surface area contributed by atoms with Crippen molar-refractivity contribution >= 4 is 23.1 Å². The van der Waals surface area contributed by atoms with Crippen molar-refractivity contribution in [2.45, 2.75) is 31.3 Å². The van der Waals surface area contributed by atoms with Crippen LogP contribution in [0.1, 0.15) is 36.3 Å². The molecule has 0 aromatic heterocycles. The SMILES string of the molecule is COCCOC1CC=C(C(=O)O)C(c2cc(C(CN)C3=CCCC=C3)ccc2Cl)=C1F. The Hall–Kier alpha value is -2.25. The second-order valence-corrected chi connectivity index (χ2v) is 7.85. The van der Waals surface area contributed by atoms with E-state index in [1.54, 1.807) is 12.1 Å². The van der Waals surface area contributed by atoms with Crippen LogP contribution in [0.15, 0.2) is 59.5 Å². The summed E-state index contributed by atoms with van der Waals surface area (Å²) in [6.07, 6.45) is 8.95. The summed E-state index contributed by atoms with van der Waals surface area (Å²) in [5, 5.41) is 9.96. The Morgan fingerprint density at radius 1 is 1.32 bits per heavy atom. The van der Waals surface area contributed by atoms with Gasteiger partial charge in [-0.1, -0.05) is 42.0 Å². The smallest absolute Gasteiger partial charge is 0.336 e. The lowest BCUT2D eigenvalue weighted by Gasteiger charge is -2.25. The van der Waals surface area contributed by atoms with E-state index < -0.39 is 17.9 Å². The van der Waals surface area contributed by atoms with E-state index in [9.17, 15) is 9.90 Å². The van der Waals surface area contributed by atoms with E-state index >= 15 is 4.39 Å². The van der Waals surface area contributed by atoms with Gasteiger partial charge in [0.2, 0.25) is 0 Å². The molecule has 2 aliphatic carbocycles. The van der Waals surface area contributed by atoms with Gasteiger partial charge in [-0.05, 0) is 42.5 Å². The predicted molar refractivity (Wildman–Crippen MR) is 120 cm³/mol. The molecule has 0 bridgehead atoms. The van der Waals surface area contributed by atoms with E-state index in [2.05, 4.69) is 18.2 Å². The Kier molecular flexibility index (Phi) is 8.21. The van der Waals surface area contributed by atoms with Crippen LogP contribution in [0.4, 0.5) is 4.39 Å². The van der Waals surface area contributed by atoms with Gasteiger partial charge in [-0.15, -0.1) is 0 Å². The molecule has 0 spiro atoms. The number of ether oxygens (including phenoxy) is 2. The minimum absolute atomic E-state index is 0.0445. The summed E-state index contributed by atoms with van der Waals surface area (Å²) in [6.45, 7) is 0.871. The van der Waals surface area contributed by atoms with Gasteiger partial charge in [-0.25, -0.2) is 9.18 Å². The van der Waals surface area contributed by atoms with Crippen molar-refractivity contribution in [2.75, 3.05) is 26.9 Å². The molecule has 0 saturated carbocycles. The van der Waals surface area contributed by atoms with Crippen molar-refractivity contribution in [3.05, 3.63) is 75.6 Å². The van der Waals surface area contributed by atoms with Crippen molar-refractivity contribution in [1.82, 2.24) is 0 Å². The number of rotatable bonds is 9. The average Bonchev–Trinajstić information content (AvgIpc) is 2.77. The predicted octanol–water partition coefficient (Wildman–Crippen LogP) is 4.79. The van der Waals surface area contributed by atoms with E-state index in [1.165, 1.54) is 13.2 Å². The van der Waals surface area contributed by atoms with E-state index in [1.807, 2.05) is 6.07 Å². The van der Waals surface area contributed by atoms with Gasteiger partial charge in [-0.3, -0.25) is 0 Å². The van der Waals surface area contributed by atoms with Crippen molar-refractivity contribution in [1.29, 1.82) is 0 Å². The maximum Gasteiger partial charge on any atom is 0.336 e. The van der Waals surface area contributed by atoms with E-state index in [4.69, 9.17) is 26.8 Å². The minimum atomic E-state index is -1.21. The largest absolute Gasteiger partial charge is 0.478 e. The summed E-state index contributed by atoms with van der Waals surface area (Å²) in [5.74, 6) is -1.95. The molecule has 0 heterocycles. The van der Waals surface area contributed by atoms with Crippen molar-refractivity contribution in [3.8, 4) is 0 Å². The molecule has 31 heavy (non-hydrogen) atoms. The molecule has 0 radical (unpaired) electrons. The minimum Gasteiger partial charge on any atom is -0.478 e. The highest BCUT2D eigenvalue weighted by molar-refractivity contribution is 6.33. The molecule has 166 valence electrons. The third-order valence-electron chi connectivity index (χ3n) is 5.49. The number of nitrogens with two attached hydrogens (primary N) is 1. The lowest BCUT2D eigenvalue weighted by Crippen LogP contribution is -2.22. The first kappa shape index (κ1) is 23.4. The highest BCUT2D eigenvalue weighted by Crippen LogP contribution is 2.40. The van der Waals surface area contributed by atoms with Gasteiger partial charge in [0.15, 0.2) is 0 Å². The zero-order valence-corrected chi connectivity index (χ0v) is 18.2. The number of allylic oxidation sites excluding steroid dienone is 3. The van der Waals surface area contributed by atoms with Crippen LogP contribution < -0.4 is 5.73 Å². The zero-order chi connectivity index (χ0) is 22.4. The summed E-state index contributed by atoms with van der Waals surface area (Å²) in [7, 11) is 1.53. The normalized spacial score (nSPS) is 19.8. The number of hydrogen-bond donors (Lipinski definition) is 2. The highest BCUT2D eigenvalue weighted by Gasteiger charge is 2.31. The molecule has 0 fully saturated rings. The second kappa shape index (κ2) is 10.9. The van der Waals surface area contributed by atoms with E-state index in [0.717, 1.165) is 24.0 Å². The summed E-state index contributed by atoms with van der Waals surface area (Å²) in [4.78, 5) is 11.9. The summed E-state index contributed by atoms with van der Waals surface area (Å²) >= 11 is 6.43. The van der Waals surface area contributed by atoms with Gasteiger partial charge < -0.3 is 20.3 Å². The lowest BCUT2D eigenvalue weighted by atomic mass is 9.84. The Labute approximate surface area is 186 Å². The van der Waals surface area contributed by atoms with E-state index in [-0.39, 0.29) is 35.1 Å². The molecule has 2 unspecified atom stereocenters. The number of carboxylic acids is 1. The number of aliphatic carboxylic acids is 1. The molecule has 3 rings (SSSR count). The maximum atomic E-state index is 15.5. The quantitative estimate of drug-likeness (QED) is 0.532. The fourth-order valence-electron chi connectivity index (χ4n) is 3.91. The molecule has 3 N–H and O–H groups in total. The fraction of sp³-hybridized carbons (Fsp3) is 0.375. The van der Waals surface area contributed by atoms with Crippen LogP contribution in [-0.2, 0) is 14.3 Å². The number of carboxylic acid groups (broad SMARTS) is 1. The number of carbonyl (C=O) groups is 1. The fourth-order valence-corrected chi connectivity index (χ4v) is 4.12. The van der Waals surface area contributed by atoms with E-state index in [0.29, 0.717) is 18.7 Å².